The maximum atomic E-state index is 12.1. The zero-order chi connectivity index (χ0) is 13.8. The normalized spacial score (nSPS) is 11.9. The van der Waals surface area contributed by atoms with Gasteiger partial charge < -0.3 is 5.73 Å². The highest BCUT2D eigenvalue weighted by atomic mass is 16.1. The molecule has 1 aromatic carbocycles. The molecular weight excluding hydrogens is 222 g/mol. The molecule has 1 aromatic rings. The van der Waals surface area contributed by atoms with Crippen LogP contribution in [-0.4, -0.2) is 11.3 Å². The van der Waals surface area contributed by atoms with E-state index in [4.69, 9.17) is 5.73 Å². The average molecular weight is 247 g/mol. The Kier molecular flexibility index (Phi) is 5.09. The molecule has 2 nitrogen and oxygen atoms in total. The van der Waals surface area contributed by atoms with Crippen molar-refractivity contribution in [3.63, 3.8) is 0 Å². The first-order chi connectivity index (χ1) is 8.28. The lowest BCUT2D eigenvalue weighted by molar-refractivity contribution is 0.0972. The Morgan fingerprint density at radius 1 is 1.33 bits per heavy atom. The Hall–Kier alpha value is -1.15. The van der Waals surface area contributed by atoms with Gasteiger partial charge in [-0.25, -0.2) is 0 Å². The lowest BCUT2D eigenvalue weighted by Gasteiger charge is -2.17. The van der Waals surface area contributed by atoms with Crippen LogP contribution in [-0.2, 0) is 6.42 Å². The van der Waals surface area contributed by atoms with E-state index in [0.29, 0.717) is 12.3 Å². The number of Topliss-reactive ketones (excluding diaryl/α,β-unsaturated/α-hetero) is 1. The molecule has 0 aliphatic carbocycles. The Morgan fingerprint density at radius 2 is 2.00 bits per heavy atom. The molecule has 1 rings (SSSR count). The predicted octanol–water partition coefficient (Wildman–Crippen LogP) is 3.59. The molecule has 0 heterocycles. The number of carbonyl (C=O) groups excluding carboxylic acids is 1. The monoisotopic (exact) mass is 247 g/mol. The molecule has 0 aliphatic rings. The van der Waals surface area contributed by atoms with Crippen LogP contribution in [0.5, 0.6) is 0 Å². The van der Waals surface area contributed by atoms with Gasteiger partial charge in [0.15, 0.2) is 5.78 Å². The summed E-state index contributed by atoms with van der Waals surface area (Å²) >= 11 is 0. The second-order valence-electron chi connectivity index (χ2n) is 6.21. The van der Waals surface area contributed by atoms with E-state index in [9.17, 15) is 4.79 Å². The number of benzene rings is 1. The minimum atomic E-state index is -0.273. The summed E-state index contributed by atoms with van der Waals surface area (Å²) in [6, 6.07) is 7.98. The molecule has 18 heavy (non-hydrogen) atoms. The second-order valence-corrected chi connectivity index (χ2v) is 6.21. The van der Waals surface area contributed by atoms with Crippen molar-refractivity contribution in [2.24, 2.45) is 11.7 Å². The number of hydrogen-bond donors (Lipinski definition) is 1. The minimum absolute atomic E-state index is 0.194. The molecule has 0 amide bonds. The first kappa shape index (κ1) is 14.9. The third kappa shape index (κ3) is 5.46. The van der Waals surface area contributed by atoms with Crippen molar-refractivity contribution in [2.75, 3.05) is 0 Å². The van der Waals surface area contributed by atoms with Crippen LogP contribution in [0.2, 0.25) is 0 Å². The first-order valence-corrected chi connectivity index (χ1v) is 6.69. The second kappa shape index (κ2) is 6.14. The summed E-state index contributed by atoms with van der Waals surface area (Å²) in [5.74, 6) is 0.803. The highest BCUT2D eigenvalue weighted by molar-refractivity contribution is 5.96. The zero-order valence-electron chi connectivity index (χ0n) is 12.0. The van der Waals surface area contributed by atoms with E-state index in [1.54, 1.807) is 0 Å². The summed E-state index contributed by atoms with van der Waals surface area (Å²) < 4.78 is 0. The largest absolute Gasteiger partial charge is 0.326 e. The van der Waals surface area contributed by atoms with Gasteiger partial charge in [-0.15, -0.1) is 0 Å². The third-order valence-electron chi connectivity index (χ3n) is 2.89. The van der Waals surface area contributed by atoms with E-state index >= 15 is 0 Å². The van der Waals surface area contributed by atoms with Crippen molar-refractivity contribution in [3.05, 3.63) is 35.4 Å². The molecular formula is C16H25NO. The van der Waals surface area contributed by atoms with Crippen LogP contribution in [0.25, 0.3) is 0 Å². The summed E-state index contributed by atoms with van der Waals surface area (Å²) in [4.78, 5) is 12.1. The Morgan fingerprint density at radius 3 is 2.56 bits per heavy atom. The van der Waals surface area contributed by atoms with Gasteiger partial charge in [0.2, 0.25) is 0 Å². The molecule has 0 bridgehead atoms. The van der Waals surface area contributed by atoms with Crippen LogP contribution < -0.4 is 5.73 Å². The maximum Gasteiger partial charge on any atom is 0.162 e. The number of nitrogens with two attached hydrogens (primary N) is 1. The van der Waals surface area contributed by atoms with Gasteiger partial charge in [-0.3, -0.25) is 4.79 Å². The summed E-state index contributed by atoms with van der Waals surface area (Å²) in [6.45, 7) is 8.28. The van der Waals surface area contributed by atoms with Gasteiger partial charge in [0.25, 0.3) is 0 Å². The van der Waals surface area contributed by atoms with E-state index in [-0.39, 0.29) is 11.3 Å². The van der Waals surface area contributed by atoms with Crippen molar-refractivity contribution in [1.82, 2.24) is 0 Å². The van der Waals surface area contributed by atoms with Crippen molar-refractivity contribution in [2.45, 2.75) is 52.5 Å². The molecule has 0 saturated heterocycles. The highest BCUT2D eigenvalue weighted by Gasteiger charge is 2.14. The average Bonchev–Trinajstić information content (AvgIpc) is 2.24. The van der Waals surface area contributed by atoms with Crippen molar-refractivity contribution >= 4 is 5.78 Å². The van der Waals surface area contributed by atoms with Gasteiger partial charge in [0.05, 0.1) is 0 Å². The van der Waals surface area contributed by atoms with Gasteiger partial charge in [0, 0.05) is 17.5 Å². The van der Waals surface area contributed by atoms with Gasteiger partial charge in [0.1, 0.15) is 0 Å². The number of rotatable bonds is 6. The zero-order valence-corrected chi connectivity index (χ0v) is 12.0. The van der Waals surface area contributed by atoms with Crippen molar-refractivity contribution in [1.29, 1.82) is 0 Å². The van der Waals surface area contributed by atoms with Crippen molar-refractivity contribution < 1.29 is 4.79 Å². The molecule has 0 spiro atoms. The molecule has 2 N–H and O–H groups in total. The fourth-order valence-electron chi connectivity index (χ4n) is 1.92. The standard InChI is InChI=1S/C16H25NO/c1-12(2)10-13-6-5-7-14(11-13)15(18)8-9-16(3,4)17/h5-7,11-12H,8-10,17H2,1-4H3. The fraction of sp³-hybridized carbons (Fsp3) is 0.562. The molecule has 0 atom stereocenters. The van der Waals surface area contributed by atoms with Gasteiger partial charge >= 0.3 is 0 Å². The number of carbonyl (C=O) groups is 1. The molecule has 2 heteroatoms. The van der Waals surface area contributed by atoms with Gasteiger partial charge in [-0.05, 0) is 44.2 Å². The summed E-state index contributed by atoms with van der Waals surface area (Å²) in [5, 5.41) is 0. The summed E-state index contributed by atoms with van der Waals surface area (Å²) in [6.07, 6.45) is 2.26. The van der Waals surface area contributed by atoms with Crippen LogP contribution in [0.15, 0.2) is 24.3 Å². The first-order valence-electron chi connectivity index (χ1n) is 6.69. The van der Waals surface area contributed by atoms with Crippen LogP contribution in [0.3, 0.4) is 0 Å². The summed E-state index contributed by atoms with van der Waals surface area (Å²) in [5.41, 5.74) is 7.69. The Bertz CT molecular complexity index is 402. The van der Waals surface area contributed by atoms with E-state index in [1.807, 2.05) is 32.0 Å². The summed E-state index contributed by atoms with van der Waals surface area (Å²) in [7, 11) is 0. The van der Waals surface area contributed by atoms with Crippen LogP contribution in [0, 0.1) is 5.92 Å². The van der Waals surface area contributed by atoms with E-state index in [1.165, 1.54) is 5.56 Å². The van der Waals surface area contributed by atoms with Crippen LogP contribution in [0.1, 0.15) is 56.5 Å². The molecule has 0 radical (unpaired) electrons. The number of hydrogen-bond acceptors (Lipinski definition) is 2. The topological polar surface area (TPSA) is 43.1 Å². The van der Waals surface area contributed by atoms with Crippen LogP contribution >= 0.6 is 0 Å². The van der Waals surface area contributed by atoms with Crippen molar-refractivity contribution in [3.8, 4) is 0 Å². The Labute approximate surface area is 111 Å². The molecule has 100 valence electrons. The molecule has 0 unspecified atom stereocenters. The number of ketones is 1. The van der Waals surface area contributed by atoms with E-state index in [0.717, 1.165) is 18.4 Å². The quantitative estimate of drug-likeness (QED) is 0.781. The third-order valence-corrected chi connectivity index (χ3v) is 2.89. The SMILES string of the molecule is CC(C)Cc1cccc(C(=O)CCC(C)(C)N)c1. The predicted molar refractivity (Wildman–Crippen MR) is 76.8 cm³/mol. The molecule has 0 aromatic heterocycles. The smallest absolute Gasteiger partial charge is 0.162 e. The highest BCUT2D eigenvalue weighted by Crippen LogP contribution is 2.15. The molecule has 0 aliphatic heterocycles. The molecule has 0 saturated carbocycles. The molecule has 0 fully saturated rings. The van der Waals surface area contributed by atoms with Gasteiger partial charge in [-0.1, -0.05) is 32.0 Å². The maximum absolute atomic E-state index is 12.1. The lowest BCUT2D eigenvalue weighted by atomic mass is 9.94. The van der Waals surface area contributed by atoms with Crippen LogP contribution in [0.4, 0.5) is 0 Å². The van der Waals surface area contributed by atoms with E-state index < -0.39 is 0 Å². The Balaban J connectivity index is 2.68. The van der Waals surface area contributed by atoms with E-state index in [2.05, 4.69) is 19.9 Å². The van der Waals surface area contributed by atoms with Gasteiger partial charge in [-0.2, -0.15) is 0 Å². The fourth-order valence-corrected chi connectivity index (χ4v) is 1.92. The lowest BCUT2D eigenvalue weighted by Crippen LogP contribution is -2.32. The minimum Gasteiger partial charge on any atom is -0.326 e.